The van der Waals surface area contributed by atoms with Gasteiger partial charge in [0, 0.05) is 28.5 Å². The summed E-state index contributed by atoms with van der Waals surface area (Å²) < 4.78 is 0. The molecule has 0 unspecified atom stereocenters. The van der Waals surface area contributed by atoms with E-state index in [1.165, 1.54) is 0 Å². The molecule has 0 aliphatic carbocycles. The van der Waals surface area contributed by atoms with Crippen LogP contribution in [0.4, 0.5) is 5.69 Å². The number of carbonyl (C=O) groups is 1. The van der Waals surface area contributed by atoms with Crippen molar-refractivity contribution in [2.24, 2.45) is 0 Å². The maximum atomic E-state index is 11.6. The van der Waals surface area contributed by atoms with E-state index in [0.717, 1.165) is 27.7 Å². The van der Waals surface area contributed by atoms with Crippen molar-refractivity contribution in [1.82, 2.24) is 9.97 Å². The average molecular weight is 312 g/mol. The summed E-state index contributed by atoms with van der Waals surface area (Å²) in [4.78, 5) is 20.3. The Morgan fingerprint density at radius 2 is 2.09 bits per heavy atom. The Hall–Kier alpha value is -2.46. The molecule has 0 spiro atoms. The van der Waals surface area contributed by atoms with Gasteiger partial charge in [-0.15, -0.1) is 11.6 Å². The van der Waals surface area contributed by atoms with Crippen LogP contribution in [0.1, 0.15) is 5.69 Å². The van der Waals surface area contributed by atoms with Crippen LogP contribution in [0.15, 0.2) is 48.7 Å². The van der Waals surface area contributed by atoms with Crippen molar-refractivity contribution in [3.8, 4) is 11.4 Å². The van der Waals surface area contributed by atoms with Gasteiger partial charge in [0.1, 0.15) is 5.88 Å². The van der Waals surface area contributed by atoms with Crippen LogP contribution >= 0.6 is 11.6 Å². The van der Waals surface area contributed by atoms with Gasteiger partial charge in [0.25, 0.3) is 0 Å². The molecule has 0 aliphatic rings. The molecule has 110 valence electrons. The molecule has 0 saturated carbocycles. The molecule has 0 bridgehead atoms. The highest BCUT2D eigenvalue weighted by Gasteiger charge is 2.08. The molecule has 0 atom stereocenters. The Kier molecular flexibility index (Phi) is 4.02. The second kappa shape index (κ2) is 6.12. The maximum Gasteiger partial charge on any atom is 0.239 e. The second-order valence-electron chi connectivity index (χ2n) is 4.94. The zero-order valence-corrected chi connectivity index (χ0v) is 12.8. The highest BCUT2D eigenvalue weighted by Crippen LogP contribution is 2.28. The van der Waals surface area contributed by atoms with Crippen LogP contribution in [-0.4, -0.2) is 21.8 Å². The first-order chi connectivity index (χ1) is 10.7. The van der Waals surface area contributed by atoms with Gasteiger partial charge in [-0.2, -0.15) is 0 Å². The summed E-state index contributed by atoms with van der Waals surface area (Å²) in [5.74, 6) is 0.364. The van der Waals surface area contributed by atoms with Crippen molar-refractivity contribution in [2.75, 3.05) is 11.2 Å². The fourth-order valence-electron chi connectivity index (χ4n) is 2.29. The Balaban J connectivity index is 2.11. The Labute approximate surface area is 133 Å². The van der Waals surface area contributed by atoms with E-state index in [1.54, 1.807) is 6.20 Å². The number of carbonyl (C=O) groups excluding carboxylic acids is 1. The van der Waals surface area contributed by atoms with E-state index in [2.05, 4.69) is 15.3 Å². The lowest BCUT2D eigenvalue weighted by Gasteiger charge is -2.09. The SMILES string of the molecule is Cc1ccnc(-c2ccc3cccc(NC(=O)CCl)c3c2)n1. The van der Waals surface area contributed by atoms with Crippen LogP contribution in [0.2, 0.25) is 0 Å². The summed E-state index contributed by atoms with van der Waals surface area (Å²) in [6.07, 6.45) is 1.74. The number of aromatic nitrogens is 2. The standard InChI is InChI=1S/C17H14ClN3O/c1-11-7-8-19-17(20-11)13-6-5-12-3-2-4-15(14(12)9-13)21-16(22)10-18/h2-9H,10H2,1H3,(H,21,22). The normalized spacial score (nSPS) is 10.6. The molecule has 2 aromatic carbocycles. The molecule has 4 nitrogen and oxygen atoms in total. The topological polar surface area (TPSA) is 54.9 Å². The maximum absolute atomic E-state index is 11.6. The molecule has 0 saturated heterocycles. The largest absolute Gasteiger partial charge is 0.324 e. The van der Waals surface area contributed by atoms with Crippen molar-refractivity contribution in [3.05, 3.63) is 54.4 Å². The number of alkyl halides is 1. The molecule has 3 rings (SSSR count). The molecule has 0 aliphatic heterocycles. The minimum absolute atomic E-state index is 0.0724. The molecular weight excluding hydrogens is 298 g/mol. The minimum Gasteiger partial charge on any atom is -0.324 e. The third-order valence-corrected chi connectivity index (χ3v) is 3.57. The third kappa shape index (κ3) is 2.92. The molecule has 1 N–H and O–H groups in total. The van der Waals surface area contributed by atoms with E-state index in [4.69, 9.17) is 11.6 Å². The number of benzene rings is 2. The molecule has 1 heterocycles. The summed E-state index contributed by atoms with van der Waals surface area (Å²) in [6.45, 7) is 1.93. The number of fused-ring (bicyclic) bond motifs is 1. The van der Waals surface area contributed by atoms with E-state index < -0.39 is 0 Å². The van der Waals surface area contributed by atoms with Gasteiger partial charge in [0.15, 0.2) is 5.82 Å². The number of halogens is 1. The van der Waals surface area contributed by atoms with Crippen LogP contribution in [0.3, 0.4) is 0 Å². The summed E-state index contributed by atoms with van der Waals surface area (Å²) in [5.41, 5.74) is 2.55. The van der Waals surface area contributed by atoms with Gasteiger partial charge < -0.3 is 5.32 Å². The Morgan fingerprint density at radius 3 is 2.86 bits per heavy atom. The lowest BCUT2D eigenvalue weighted by atomic mass is 10.0. The van der Waals surface area contributed by atoms with Crippen molar-refractivity contribution in [3.63, 3.8) is 0 Å². The highest BCUT2D eigenvalue weighted by atomic mass is 35.5. The van der Waals surface area contributed by atoms with Crippen molar-refractivity contribution in [2.45, 2.75) is 6.92 Å². The predicted molar refractivity (Wildman–Crippen MR) is 89.1 cm³/mol. The van der Waals surface area contributed by atoms with E-state index in [-0.39, 0.29) is 11.8 Å². The average Bonchev–Trinajstić information content (AvgIpc) is 2.54. The minimum atomic E-state index is -0.230. The van der Waals surface area contributed by atoms with Crippen LogP contribution in [0.5, 0.6) is 0 Å². The van der Waals surface area contributed by atoms with Gasteiger partial charge >= 0.3 is 0 Å². The molecule has 1 amide bonds. The predicted octanol–water partition coefficient (Wildman–Crippen LogP) is 3.78. The molecule has 5 heteroatoms. The molecule has 1 aromatic heterocycles. The zero-order chi connectivity index (χ0) is 15.5. The second-order valence-corrected chi connectivity index (χ2v) is 5.21. The molecule has 0 fully saturated rings. The molecular formula is C17H14ClN3O. The lowest BCUT2D eigenvalue weighted by Crippen LogP contribution is -2.12. The van der Waals surface area contributed by atoms with Gasteiger partial charge in [-0.25, -0.2) is 9.97 Å². The van der Waals surface area contributed by atoms with Gasteiger partial charge in [0.05, 0.1) is 0 Å². The number of nitrogens with one attached hydrogen (secondary N) is 1. The van der Waals surface area contributed by atoms with E-state index in [9.17, 15) is 4.79 Å². The lowest BCUT2D eigenvalue weighted by molar-refractivity contribution is -0.113. The number of nitrogens with zero attached hydrogens (tertiary/aromatic N) is 2. The smallest absolute Gasteiger partial charge is 0.239 e. The summed E-state index contributed by atoms with van der Waals surface area (Å²) in [7, 11) is 0. The number of aryl methyl sites for hydroxylation is 1. The molecule has 0 radical (unpaired) electrons. The fourth-order valence-corrected chi connectivity index (χ4v) is 2.36. The number of hydrogen-bond acceptors (Lipinski definition) is 3. The first kappa shape index (κ1) is 14.5. The van der Waals surface area contributed by atoms with E-state index in [1.807, 2.05) is 49.4 Å². The highest BCUT2D eigenvalue weighted by molar-refractivity contribution is 6.29. The quantitative estimate of drug-likeness (QED) is 0.749. The van der Waals surface area contributed by atoms with Crippen molar-refractivity contribution in [1.29, 1.82) is 0 Å². The van der Waals surface area contributed by atoms with Gasteiger partial charge in [-0.1, -0.05) is 24.3 Å². The fraction of sp³-hybridized carbons (Fsp3) is 0.118. The number of rotatable bonds is 3. The third-order valence-electron chi connectivity index (χ3n) is 3.33. The Bertz CT molecular complexity index is 848. The van der Waals surface area contributed by atoms with Crippen LogP contribution in [-0.2, 0) is 4.79 Å². The van der Waals surface area contributed by atoms with Gasteiger partial charge in [-0.05, 0) is 30.5 Å². The van der Waals surface area contributed by atoms with Crippen LogP contribution < -0.4 is 5.32 Å². The van der Waals surface area contributed by atoms with Gasteiger partial charge in [0.2, 0.25) is 5.91 Å². The monoisotopic (exact) mass is 311 g/mol. The summed E-state index contributed by atoms with van der Waals surface area (Å²) >= 11 is 5.57. The number of amides is 1. The number of anilines is 1. The Morgan fingerprint density at radius 1 is 1.23 bits per heavy atom. The number of hydrogen-bond donors (Lipinski definition) is 1. The van der Waals surface area contributed by atoms with Gasteiger partial charge in [-0.3, -0.25) is 4.79 Å². The van der Waals surface area contributed by atoms with Crippen molar-refractivity contribution >= 4 is 34.0 Å². The summed E-state index contributed by atoms with van der Waals surface area (Å²) in [5, 5.41) is 4.78. The zero-order valence-electron chi connectivity index (χ0n) is 12.0. The van der Waals surface area contributed by atoms with Crippen molar-refractivity contribution < 1.29 is 4.79 Å². The molecule has 22 heavy (non-hydrogen) atoms. The molecule has 3 aromatic rings. The van der Waals surface area contributed by atoms with E-state index >= 15 is 0 Å². The van der Waals surface area contributed by atoms with Crippen LogP contribution in [0, 0.1) is 6.92 Å². The van der Waals surface area contributed by atoms with Crippen LogP contribution in [0.25, 0.3) is 22.2 Å². The van der Waals surface area contributed by atoms with E-state index in [0.29, 0.717) is 5.82 Å². The summed E-state index contributed by atoms with van der Waals surface area (Å²) in [6, 6.07) is 13.6. The first-order valence-corrected chi connectivity index (χ1v) is 7.39. The first-order valence-electron chi connectivity index (χ1n) is 6.86.